The van der Waals surface area contributed by atoms with Crippen molar-refractivity contribution in [3.8, 4) is 0 Å². The normalized spacial score (nSPS) is 34.7. The molecule has 1 fully saturated rings. The van der Waals surface area contributed by atoms with E-state index in [1.807, 2.05) is 0 Å². The van der Waals surface area contributed by atoms with Crippen molar-refractivity contribution in [1.29, 1.82) is 0 Å². The van der Waals surface area contributed by atoms with Crippen molar-refractivity contribution < 1.29 is 13.2 Å². The Kier molecular flexibility index (Phi) is 2.21. The van der Waals surface area contributed by atoms with Crippen LogP contribution in [0, 0.1) is 5.92 Å². The summed E-state index contributed by atoms with van der Waals surface area (Å²) in [4.78, 5) is 0. The van der Waals surface area contributed by atoms with Crippen LogP contribution in [0.5, 0.6) is 0 Å². The Morgan fingerprint density at radius 1 is 1.44 bits per heavy atom. The summed E-state index contributed by atoms with van der Waals surface area (Å²) in [5.41, 5.74) is 0. The van der Waals surface area contributed by atoms with Crippen LogP contribution in [0.3, 0.4) is 0 Å². The van der Waals surface area contributed by atoms with Crippen molar-refractivity contribution >= 4 is 28.9 Å². The average molecular weight is 263 g/mol. The maximum absolute atomic E-state index is 11.6. The van der Waals surface area contributed by atoms with Crippen LogP contribution in [0.4, 0.5) is 13.2 Å². The number of alkyl halides is 3. The van der Waals surface area contributed by atoms with Crippen molar-refractivity contribution in [3.63, 3.8) is 0 Å². The van der Waals surface area contributed by atoms with Crippen LogP contribution in [-0.2, 0) is 0 Å². The molecule has 0 nitrogen and oxygen atoms in total. The first-order valence-electron chi connectivity index (χ1n) is 2.48. The monoisotopic (exact) mass is 264 g/mol. The van der Waals surface area contributed by atoms with Gasteiger partial charge in [0.05, 0.1) is 0 Å². The van der Waals surface area contributed by atoms with Crippen molar-refractivity contribution in [1.82, 2.24) is 0 Å². The molecular formula is C4H4ClF3Sn. The molecule has 2 radical (unpaired) electrons. The summed E-state index contributed by atoms with van der Waals surface area (Å²) in [6, 6.07) is 0. The van der Waals surface area contributed by atoms with E-state index in [4.69, 9.17) is 8.92 Å². The van der Waals surface area contributed by atoms with Crippen molar-refractivity contribution in [2.75, 3.05) is 0 Å². The Bertz CT molecular complexity index is 113. The zero-order chi connectivity index (χ0) is 7.07. The predicted molar refractivity (Wildman–Crippen MR) is 29.5 cm³/mol. The Labute approximate surface area is 64.7 Å². The molecule has 1 aliphatic rings. The van der Waals surface area contributed by atoms with E-state index in [1.165, 1.54) is 0 Å². The SMILES string of the molecule is FC(F)(F)C1C[CH]1[Sn][Cl]. The molecule has 2 atom stereocenters. The zero-order valence-electron chi connectivity index (χ0n) is 4.37. The first-order chi connectivity index (χ1) is 4.05. The molecule has 0 aromatic heterocycles. The molecule has 0 heterocycles. The number of hydrogen-bond donors (Lipinski definition) is 0. The molecule has 0 saturated heterocycles. The number of halogens is 4. The molecule has 0 spiro atoms. The summed E-state index contributed by atoms with van der Waals surface area (Å²) in [5, 5.41) is 0. The van der Waals surface area contributed by atoms with E-state index in [0.717, 1.165) is 0 Å². The standard InChI is InChI=1S/C4H4F3.ClH.Sn/c5-4(6,7)3-1-2-3;;/h1,3H,2H2;1H;/q;;+1/p-1. The first-order valence-corrected chi connectivity index (χ1v) is 7.75. The number of rotatable bonds is 1. The third kappa shape index (κ3) is 1.90. The summed E-state index contributed by atoms with van der Waals surface area (Å²) < 4.78 is 34.8. The van der Waals surface area contributed by atoms with Gasteiger partial charge in [0.2, 0.25) is 0 Å². The van der Waals surface area contributed by atoms with E-state index >= 15 is 0 Å². The van der Waals surface area contributed by atoms with E-state index in [1.54, 1.807) is 0 Å². The molecular weight excluding hydrogens is 259 g/mol. The van der Waals surface area contributed by atoms with Gasteiger partial charge in [-0.15, -0.1) is 0 Å². The molecule has 1 rings (SSSR count). The van der Waals surface area contributed by atoms with Crippen molar-refractivity contribution in [2.24, 2.45) is 5.92 Å². The molecule has 0 aromatic carbocycles. The topological polar surface area (TPSA) is 0 Å². The van der Waals surface area contributed by atoms with Crippen LogP contribution in [-0.4, -0.2) is 26.2 Å². The van der Waals surface area contributed by atoms with Gasteiger partial charge in [-0.1, -0.05) is 0 Å². The molecule has 52 valence electrons. The summed E-state index contributed by atoms with van der Waals surface area (Å²) in [7, 11) is 5.37. The van der Waals surface area contributed by atoms with Gasteiger partial charge in [-0.25, -0.2) is 0 Å². The Morgan fingerprint density at radius 3 is 2.11 bits per heavy atom. The van der Waals surface area contributed by atoms with Crippen LogP contribution in [0.25, 0.3) is 0 Å². The first kappa shape index (κ1) is 7.98. The Hall–Kier alpha value is 0.879. The summed E-state index contributed by atoms with van der Waals surface area (Å²) in [5.74, 6) is -1.03. The molecule has 0 amide bonds. The molecule has 2 unspecified atom stereocenters. The van der Waals surface area contributed by atoms with Gasteiger partial charge in [0.15, 0.2) is 0 Å². The predicted octanol–water partition coefficient (Wildman–Crippen LogP) is 2.22. The fourth-order valence-corrected chi connectivity index (χ4v) is 4.25. The fraction of sp³-hybridized carbons (Fsp3) is 1.00. The van der Waals surface area contributed by atoms with Crippen LogP contribution in [0.15, 0.2) is 0 Å². The van der Waals surface area contributed by atoms with Crippen molar-refractivity contribution in [3.05, 3.63) is 0 Å². The summed E-state index contributed by atoms with van der Waals surface area (Å²) >= 11 is -1.15. The average Bonchev–Trinajstić information content (AvgIpc) is 2.39. The van der Waals surface area contributed by atoms with Gasteiger partial charge < -0.3 is 0 Å². The van der Waals surface area contributed by atoms with Gasteiger partial charge in [0, 0.05) is 0 Å². The van der Waals surface area contributed by atoms with Gasteiger partial charge in [0.25, 0.3) is 0 Å². The van der Waals surface area contributed by atoms with E-state index in [-0.39, 0.29) is 3.93 Å². The van der Waals surface area contributed by atoms with Gasteiger partial charge in [0.1, 0.15) is 0 Å². The van der Waals surface area contributed by atoms with Crippen LogP contribution < -0.4 is 0 Å². The number of hydrogen-bond acceptors (Lipinski definition) is 0. The Balaban J connectivity index is 2.33. The molecule has 5 heteroatoms. The van der Waals surface area contributed by atoms with E-state index < -0.39 is 32.1 Å². The van der Waals surface area contributed by atoms with E-state index in [2.05, 4.69) is 0 Å². The molecule has 0 aromatic rings. The van der Waals surface area contributed by atoms with Crippen molar-refractivity contribution in [2.45, 2.75) is 16.5 Å². The van der Waals surface area contributed by atoms with Gasteiger partial charge in [-0.3, -0.25) is 0 Å². The molecule has 9 heavy (non-hydrogen) atoms. The third-order valence-corrected chi connectivity index (χ3v) is 5.85. The van der Waals surface area contributed by atoms with Crippen LogP contribution in [0.2, 0.25) is 3.93 Å². The second kappa shape index (κ2) is 2.49. The maximum atomic E-state index is 11.6. The van der Waals surface area contributed by atoms with E-state index in [0.29, 0.717) is 6.42 Å². The minimum absolute atomic E-state index is 0.129. The molecule has 0 N–H and O–H groups in total. The van der Waals surface area contributed by atoms with Gasteiger partial charge in [-0.05, 0) is 0 Å². The van der Waals surface area contributed by atoms with Gasteiger partial charge >= 0.3 is 64.6 Å². The van der Waals surface area contributed by atoms with Crippen LogP contribution >= 0.6 is 8.92 Å². The third-order valence-electron chi connectivity index (χ3n) is 1.35. The molecule has 1 aliphatic carbocycles. The van der Waals surface area contributed by atoms with Gasteiger partial charge in [-0.2, -0.15) is 0 Å². The van der Waals surface area contributed by atoms with Crippen LogP contribution in [0.1, 0.15) is 6.42 Å². The minimum atomic E-state index is -3.96. The van der Waals surface area contributed by atoms with E-state index in [9.17, 15) is 13.2 Å². The Morgan fingerprint density at radius 2 is 2.00 bits per heavy atom. The second-order valence-electron chi connectivity index (χ2n) is 2.10. The fourth-order valence-electron chi connectivity index (χ4n) is 0.677. The zero-order valence-corrected chi connectivity index (χ0v) is 7.98. The molecule has 0 bridgehead atoms. The summed E-state index contributed by atoms with van der Waals surface area (Å²) in [6.07, 6.45) is -3.65. The quantitative estimate of drug-likeness (QED) is 0.636. The second-order valence-corrected chi connectivity index (χ2v) is 6.30. The molecule has 0 aliphatic heterocycles. The molecule has 1 saturated carbocycles. The summed E-state index contributed by atoms with van der Waals surface area (Å²) in [6.45, 7) is 0.